The van der Waals surface area contributed by atoms with Crippen molar-refractivity contribution in [3.63, 3.8) is 0 Å². The Bertz CT molecular complexity index is 1420. The third kappa shape index (κ3) is 8.43. The number of aromatic nitrogens is 2. The van der Waals surface area contributed by atoms with Gasteiger partial charge >= 0.3 is 0 Å². The van der Waals surface area contributed by atoms with Crippen molar-refractivity contribution >= 4 is 17.9 Å². The summed E-state index contributed by atoms with van der Waals surface area (Å²) in [4.78, 5) is 39.8. The van der Waals surface area contributed by atoms with Crippen LogP contribution in [0.2, 0.25) is 0 Å². The fourth-order valence-corrected chi connectivity index (χ4v) is 4.45. The van der Waals surface area contributed by atoms with E-state index in [1.165, 1.54) is 6.08 Å². The van der Waals surface area contributed by atoms with Crippen LogP contribution in [0.15, 0.2) is 103 Å². The van der Waals surface area contributed by atoms with Crippen molar-refractivity contribution in [2.45, 2.75) is 25.9 Å². The molecular formula is C34H36N4O3. The van der Waals surface area contributed by atoms with Gasteiger partial charge in [0, 0.05) is 63.4 Å². The number of methoxy groups -OCH3 is 1. The number of carbonyl (C=O) groups is 2. The summed E-state index contributed by atoms with van der Waals surface area (Å²) in [6, 6.07) is 26.6. The molecule has 0 aliphatic rings. The molecule has 7 heteroatoms. The molecule has 41 heavy (non-hydrogen) atoms. The van der Waals surface area contributed by atoms with Crippen molar-refractivity contribution in [1.82, 2.24) is 19.8 Å². The number of carbonyl (C=O) groups excluding carboxylic acids is 2. The largest absolute Gasteiger partial charge is 0.383 e. The first-order valence-corrected chi connectivity index (χ1v) is 13.6. The van der Waals surface area contributed by atoms with Crippen molar-refractivity contribution < 1.29 is 14.3 Å². The van der Waals surface area contributed by atoms with Gasteiger partial charge in [0.05, 0.1) is 12.3 Å². The summed E-state index contributed by atoms with van der Waals surface area (Å²) < 4.78 is 5.21. The lowest BCUT2D eigenvalue weighted by Crippen LogP contribution is -2.51. The van der Waals surface area contributed by atoms with Crippen LogP contribution in [0.1, 0.15) is 22.4 Å². The molecule has 1 atom stereocenters. The van der Waals surface area contributed by atoms with E-state index < -0.39 is 6.04 Å². The number of hydrogen-bond donors (Lipinski definition) is 0. The number of rotatable bonds is 12. The highest BCUT2D eigenvalue weighted by Crippen LogP contribution is 2.21. The summed E-state index contributed by atoms with van der Waals surface area (Å²) in [7, 11) is 3.35. The zero-order chi connectivity index (χ0) is 29.0. The zero-order valence-electron chi connectivity index (χ0n) is 23.8. The van der Waals surface area contributed by atoms with Gasteiger partial charge in [-0.25, -0.2) is 0 Å². The average molecular weight is 549 g/mol. The van der Waals surface area contributed by atoms with Gasteiger partial charge in [-0.3, -0.25) is 19.6 Å². The number of amides is 2. The molecule has 0 spiro atoms. The second-order valence-electron chi connectivity index (χ2n) is 9.90. The molecule has 0 unspecified atom stereocenters. The maximum absolute atomic E-state index is 13.9. The molecule has 7 nitrogen and oxygen atoms in total. The second kappa shape index (κ2) is 14.7. The summed E-state index contributed by atoms with van der Waals surface area (Å²) in [5, 5.41) is 0. The van der Waals surface area contributed by atoms with Crippen molar-refractivity contribution in [3.8, 4) is 11.3 Å². The number of likely N-dealkylation sites (N-methyl/N-ethyl adjacent to an activating group) is 1. The zero-order valence-corrected chi connectivity index (χ0v) is 23.8. The minimum absolute atomic E-state index is 0.144. The first-order chi connectivity index (χ1) is 19.9. The van der Waals surface area contributed by atoms with Gasteiger partial charge in [-0.05, 0) is 47.9 Å². The van der Waals surface area contributed by atoms with Gasteiger partial charge in [-0.2, -0.15) is 0 Å². The average Bonchev–Trinajstić information content (AvgIpc) is 3.02. The molecule has 2 aromatic heterocycles. The Labute approximate surface area is 242 Å². The number of aryl methyl sites for hydroxylation is 1. The van der Waals surface area contributed by atoms with E-state index in [0.717, 1.165) is 33.6 Å². The third-order valence-electron chi connectivity index (χ3n) is 6.84. The molecular weight excluding hydrogens is 512 g/mol. The molecule has 210 valence electrons. The third-order valence-corrected chi connectivity index (χ3v) is 6.84. The molecule has 2 amide bonds. The molecule has 0 fully saturated rings. The van der Waals surface area contributed by atoms with Gasteiger partial charge in [0.25, 0.3) is 0 Å². The van der Waals surface area contributed by atoms with Gasteiger partial charge in [0.1, 0.15) is 6.04 Å². The summed E-state index contributed by atoms with van der Waals surface area (Å²) in [5.41, 5.74) is 5.45. The monoisotopic (exact) mass is 548 g/mol. The Morgan fingerprint density at radius 1 is 0.902 bits per heavy atom. The van der Waals surface area contributed by atoms with Crippen LogP contribution in [0.3, 0.4) is 0 Å². The Morgan fingerprint density at radius 3 is 2.32 bits per heavy atom. The number of nitrogens with zero attached hydrogens (tertiary/aromatic N) is 4. The van der Waals surface area contributed by atoms with Crippen LogP contribution in [-0.4, -0.2) is 64.9 Å². The van der Waals surface area contributed by atoms with Gasteiger partial charge in [-0.1, -0.05) is 66.7 Å². The van der Waals surface area contributed by atoms with E-state index >= 15 is 0 Å². The molecule has 2 heterocycles. The minimum Gasteiger partial charge on any atom is -0.383 e. The molecule has 4 rings (SSSR count). The molecule has 4 aromatic rings. The van der Waals surface area contributed by atoms with Crippen LogP contribution in [0.4, 0.5) is 0 Å². The maximum Gasteiger partial charge on any atom is 0.247 e. The number of hydrogen-bond acceptors (Lipinski definition) is 5. The Morgan fingerprint density at radius 2 is 1.66 bits per heavy atom. The SMILES string of the molecule is COCCN(C)C(=O)[C@H](Cc1ccccc1)N(Cc1ccc(-c2ccccn2)cc1)C(=O)C=Cc1ccc(C)nc1. The predicted molar refractivity (Wildman–Crippen MR) is 162 cm³/mol. The highest BCUT2D eigenvalue weighted by atomic mass is 16.5. The lowest BCUT2D eigenvalue weighted by atomic mass is 10.0. The van der Waals surface area contributed by atoms with Crippen LogP contribution in [0, 0.1) is 6.92 Å². The first kappa shape index (κ1) is 29.4. The van der Waals surface area contributed by atoms with E-state index in [-0.39, 0.29) is 18.4 Å². The minimum atomic E-state index is -0.719. The van der Waals surface area contributed by atoms with Crippen LogP contribution in [0.25, 0.3) is 17.3 Å². The molecule has 0 saturated heterocycles. The summed E-state index contributed by atoms with van der Waals surface area (Å²) >= 11 is 0. The van der Waals surface area contributed by atoms with Gasteiger partial charge < -0.3 is 14.5 Å². The number of ether oxygens (including phenoxy) is 1. The Balaban J connectivity index is 1.68. The maximum atomic E-state index is 13.9. The van der Waals surface area contributed by atoms with Crippen LogP contribution < -0.4 is 0 Å². The predicted octanol–water partition coefficient (Wildman–Crippen LogP) is 5.21. The molecule has 0 radical (unpaired) electrons. The van der Waals surface area contributed by atoms with E-state index in [2.05, 4.69) is 9.97 Å². The van der Waals surface area contributed by atoms with Crippen LogP contribution in [-0.2, 0) is 27.3 Å². The molecule has 0 bridgehead atoms. The topological polar surface area (TPSA) is 75.6 Å². The smallest absolute Gasteiger partial charge is 0.247 e. The van der Waals surface area contributed by atoms with Crippen molar-refractivity contribution in [3.05, 3.63) is 126 Å². The quantitative estimate of drug-likeness (QED) is 0.227. The van der Waals surface area contributed by atoms with E-state index in [1.807, 2.05) is 91.9 Å². The van der Waals surface area contributed by atoms with Crippen LogP contribution in [0.5, 0.6) is 0 Å². The Kier molecular flexibility index (Phi) is 10.5. The van der Waals surface area contributed by atoms with E-state index in [0.29, 0.717) is 19.6 Å². The fraction of sp³-hybridized carbons (Fsp3) is 0.235. The second-order valence-corrected chi connectivity index (χ2v) is 9.90. The molecule has 2 aromatic carbocycles. The molecule has 0 aliphatic heterocycles. The first-order valence-electron chi connectivity index (χ1n) is 13.6. The summed E-state index contributed by atoms with van der Waals surface area (Å²) in [6.07, 6.45) is 7.14. The lowest BCUT2D eigenvalue weighted by Gasteiger charge is -2.33. The Hall–Kier alpha value is -4.62. The van der Waals surface area contributed by atoms with E-state index in [4.69, 9.17) is 4.74 Å². The van der Waals surface area contributed by atoms with Gasteiger partial charge in [-0.15, -0.1) is 0 Å². The van der Waals surface area contributed by atoms with E-state index in [9.17, 15) is 9.59 Å². The fourth-order valence-electron chi connectivity index (χ4n) is 4.45. The number of pyridine rings is 2. The van der Waals surface area contributed by atoms with Crippen molar-refractivity contribution in [2.24, 2.45) is 0 Å². The normalized spacial score (nSPS) is 11.8. The highest BCUT2D eigenvalue weighted by molar-refractivity contribution is 5.95. The standard InChI is InChI=1S/C34H36N4O3/c1-26-12-13-28(24-36-26)16-19-33(39)38(25-29-14-17-30(18-15-29)31-11-7-8-20-35-31)32(23-27-9-5-4-6-10-27)34(40)37(2)21-22-41-3/h4-20,24,32H,21-23,25H2,1-3H3/t32-/m0/s1. The molecule has 0 N–H and O–H groups in total. The highest BCUT2D eigenvalue weighted by Gasteiger charge is 2.31. The van der Waals surface area contributed by atoms with E-state index in [1.54, 1.807) is 42.4 Å². The molecule has 0 saturated carbocycles. The molecule has 0 aliphatic carbocycles. The van der Waals surface area contributed by atoms with Crippen molar-refractivity contribution in [2.75, 3.05) is 27.3 Å². The summed E-state index contributed by atoms with van der Waals surface area (Å²) in [5.74, 6) is -0.399. The number of benzene rings is 2. The van der Waals surface area contributed by atoms with Gasteiger partial charge in [0.15, 0.2) is 0 Å². The van der Waals surface area contributed by atoms with Gasteiger partial charge in [0.2, 0.25) is 11.8 Å². The lowest BCUT2D eigenvalue weighted by molar-refractivity contribution is -0.143. The van der Waals surface area contributed by atoms with Crippen molar-refractivity contribution in [1.29, 1.82) is 0 Å². The summed E-state index contributed by atoms with van der Waals surface area (Å²) in [6.45, 7) is 3.01. The van der Waals surface area contributed by atoms with Crippen LogP contribution >= 0.6 is 0 Å².